The summed E-state index contributed by atoms with van der Waals surface area (Å²) in [4.78, 5) is 0. The fraction of sp³-hybridized carbons (Fsp3) is 0.538. The Bertz CT molecular complexity index is 294. The molecule has 1 aliphatic rings. The minimum atomic E-state index is 0.173. The summed E-state index contributed by atoms with van der Waals surface area (Å²) in [5, 5.41) is 0. The molecule has 0 aromatic heterocycles. The van der Waals surface area contributed by atoms with Crippen LogP contribution in [0.15, 0.2) is 24.3 Å². The first-order chi connectivity index (χ1) is 6.74. The molecule has 0 saturated heterocycles. The van der Waals surface area contributed by atoms with E-state index in [0.29, 0.717) is 0 Å². The lowest BCUT2D eigenvalue weighted by Gasteiger charge is -2.23. The first-order valence-corrected chi connectivity index (χ1v) is 6.01. The van der Waals surface area contributed by atoms with Crippen molar-refractivity contribution in [2.24, 2.45) is 0 Å². The van der Waals surface area contributed by atoms with Crippen molar-refractivity contribution < 1.29 is 0 Å². The minimum absolute atomic E-state index is 0.173. The van der Waals surface area contributed by atoms with Gasteiger partial charge in [0.25, 0.3) is 0 Å². The quantitative estimate of drug-likeness (QED) is 0.696. The van der Waals surface area contributed by atoms with E-state index in [9.17, 15) is 0 Å². The summed E-state index contributed by atoms with van der Waals surface area (Å²) in [6.07, 6.45) is 6.26. The lowest BCUT2D eigenvalue weighted by molar-refractivity contribution is 0.658. The van der Waals surface area contributed by atoms with Gasteiger partial charge in [0.05, 0.1) is 0 Å². The average Bonchev–Trinajstić information content (AvgIpc) is 2.67. The van der Waals surface area contributed by atoms with Crippen molar-refractivity contribution >= 4 is 12.6 Å². The first-order valence-electron chi connectivity index (χ1n) is 5.56. The van der Waals surface area contributed by atoms with Gasteiger partial charge in [-0.05, 0) is 30.4 Å². The molecule has 1 aromatic rings. The highest BCUT2D eigenvalue weighted by atomic mass is 32.1. The third-order valence-electron chi connectivity index (χ3n) is 3.33. The molecule has 0 N–H and O–H groups in total. The Morgan fingerprint density at radius 1 is 1.14 bits per heavy atom. The smallest absolute Gasteiger partial charge is 0.0378 e. The highest BCUT2D eigenvalue weighted by molar-refractivity contribution is 7.81. The van der Waals surface area contributed by atoms with Crippen LogP contribution < -0.4 is 0 Å². The van der Waals surface area contributed by atoms with Crippen LogP contribution in [-0.4, -0.2) is 0 Å². The van der Waals surface area contributed by atoms with Crippen molar-refractivity contribution in [3.63, 3.8) is 0 Å². The molecule has 0 radical (unpaired) electrons. The summed E-state index contributed by atoms with van der Waals surface area (Å²) in [5.41, 5.74) is 2.83. The summed E-state index contributed by atoms with van der Waals surface area (Å²) in [5.74, 6) is 0. The molecule has 76 valence electrons. The maximum Gasteiger partial charge on any atom is 0.0378 e. The first kappa shape index (κ1) is 10.1. The van der Waals surface area contributed by atoms with Crippen molar-refractivity contribution in [2.75, 3.05) is 0 Å². The normalized spacial score (nSPS) is 19.9. The van der Waals surface area contributed by atoms with E-state index in [4.69, 9.17) is 12.6 Å². The molecule has 1 heteroatoms. The van der Waals surface area contributed by atoms with Crippen LogP contribution in [0.5, 0.6) is 0 Å². The lowest BCUT2D eigenvalue weighted by atomic mass is 9.95. The average molecular weight is 206 g/mol. The topological polar surface area (TPSA) is 0 Å². The molecule has 0 bridgehead atoms. The summed E-state index contributed by atoms with van der Waals surface area (Å²) in [6, 6.07) is 9.01. The van der Waals surface area contributed by atoms with Crippen molar-refractivity contribution in [2.45, 2.75) is 43.8 Å². The maximum absolute atomic E-state index is 4.83. The summed E-state index contributed by atoms with van der Waals surface area (Å²) in [7, 11) is 0. The second kappa shape index (κ2) is 3.98. The Morgan fingerprint density at radius 3 is 2.21 bits per heavy atom. The predicted octanol–water partition coefficient (Wildman–Crippen LogP) is 3.95. The number of thiol groups is 1. The molecule has 0 nitrogen and oxygen atoms in total. The molecule has 0 spiro atoms. The van der Waals surface area contributed by atoms with Crippen LogP contribution in [0.2, 0.25) is 0 Å². The largest absolute Gasteiger partial charge is 0.168 e. The van der Waals surface area contributed by atoms with Gasteiger partial charge in [-0.2, -0.15) is 12.6 Å². The van der Waals surface area contributed by atoms with Crippen LogP contribution >= 0.6 is 12.6 Å². The van der Waals surface area contributed by atoms with Crippen molar-refractivity contribution in [3.05, 3.63) is 35.4 Å². The third-order valence-corrected chi connectivity index (χ3v) is 4.04. The zero-order chi connectivity index (χ0) is 10.0. The van der Waals surface area contributed by atoms with Gasteiger partial charge in [-0.1, -0.05) is 44.0 Å². The summed E-state index contributed by atoms with van der Waals surface area (Å²) < 4.78 is 0.173. The highest BCUT2D eigenvalue weighted by Crippen LogP contribution is 2.44. The second-order valence-electron chi connectivity index (χ2n) is 4.29. The summed E-state index contributed by atoms with van der Waals surface area (Å²) in [6.45, 7) is 2.20. The Balaban J connectivity index is 2.23. The van der Waals surface area contributed by atoms with E-state index in [1.165, 1.54) is 36.8 Å². The van der Waals surface area contributed by atoms with Crippen LogP contribution in [0.25, 0.3) is 0 Å². The number of benzene rings is 1. The van der Waals surface area contributed by atoms with Crippen molar-refractivity contribution in [1.82, 2.24) is 0 Å². The van der Waals surface area contributed by atoms with Gasteiger partial charge in [-0.15, -0.1) is 0 Å². The number of aryl methyl sites for hydroxylation is 1. The van der Waals surface area contributed by atoms with Crippen LogP contribution in [0.3, 0.4) is 0 Å². The Morgan fingerprint density at radius 2 is 1.71 bits per heavy atom. The van der Waals surface area contributed by atoms with Gasteiger partial charge in [-0.25, -0.2) is 0 Å². The molecule has 1 aliphatic carbocycles. The van der Waals surface area contributed by atoms with E-state index in [1.807, 2.05) is 0 Å². The molecule has 2 rings (SSSR count). The number of hydrogen-bond acceptors (Lipinski definition) is 1. The zero-order valence-electron chi connectivity index (χ0n) is 8.79. The minimum Gasteiger partial charge on any atom is -0.168 e. The van der Waals surface area contributed by atoms with Crippen molar-refractivity contribution in [1.29, 1.82) is 0 Å². The fourth-order valence-corrected chi connectivity index (χ4v) is 2.76. The van der Waals surface area contributed by atoms with E-state index in [-0.39, 0.29) is 4.75 Å². The van der Waals surface area contributed by atoms with Crippen LogP contribution in [0.1, 0.15) is 43.7 Å². The molecule has 1 aromatic carbocycles. The van der Waals surface area contributed by atoms with Crippen LogP contribution in [0.4, 0.5) is 0 Å². The summed E-state index contributed by atoms with van der Waals surface area (Å²) >= 11 is 4.83. The number of hydrogen-bond donors (Lipinski definition) is 1. The molecule has 0 heterocycles. The molecular formula is C13H18S. The standard InChI is InChI=1S/C13H18S/c1-2-11-5-7-12(8-6-11)13(14)9-3-4-10-13/h5-8,14H,2-4,9-10H2,1H3. The van der Waals surface area contributed by atoms with Gasteiger partial charge in [0, 0.05) is 4.75 Å². The van der Waals surface area contributed by atoms with Gasteiger partial charge < -0.3 is 0 Å². The number of rotatable bonds is 2. The second-order valence-corrected chi connectivity index (χ2v) is 5.15. The predicted molar refractivity (Wildman–Crippen MR) is 65.0 cm³/mol. The zero-order valence-corrected chi connectivity index (χ0v) is 9.69. The molecule has 1 fully saturated rings. The SMILES string of the molecule is CCc1ccc(C2(S)CCCC2)cc1. The van der Waals surface area contributed by atoms with E-state index in [2.05, 4.69) is 31.2 Å². The van der Waals surface area contributed by atoms with Gasteiger partial charge in [0.1, 0.15) is 0 Å². The van der Waals surface area contributed by atoms with Gasteiger partial charge in [-0.3, -0.25) is 0 Å². The molecular weight excluding hydrogens is 188 g/mol. The third kappa shape index (κ3) is 1.83. The monoisotopic (exact) mass is 206 g/mol. The Kier molecular flexibility index (Phi) is 2.87. The van der Waals surface area contributed by atoms with E-state index >= 15 is 0 Å². The van der Waals surface area contributed by atoms with E-state index < -0.39 is 0 Å². The molecule has 0 aliphatic heterocycles. The molecule has 0 atom stereocenters. The van der Waals surface area contributed by atoms with E-state index in [0.717, 1.165) is 6.42 Å². The van der Waals surface area contributed by atoms with Crippen molar-refractivity contribution in [3.8, 4) is 0 Å². The molecule has 0 amide bonds. The lowest BCUT2D eigenvalue weighted by Crippen LogP contribution is -2.13. The Hall–Kier alpha value is -0.430. The van der Waals surface area contributed by atoms with Gasteiger partial charge in [0.15, 0.2) is 0 Å². The fourth-order valence-electron chi connectivity index (χ4n) is 2.30. The van der Waals surface area contributed by atoms with Crippen LogP contribution in [-0.2, 0) is 11.2 Å². The Labute approximate surface area is 92.1 Å². The van der Waals surface area contributed by atoms with Crippen LogP contribution in [0, 0.1) is 0 Å². The molecule has 14 heavy (non-hydrogen) atoms. The molecule has 1 saturated carbocycles. The van der Waals surface area contributed by atoms with Gasteiger partial charge in [0.2, 0.25) is 0 Å². The maximum atomic E-state index is 4.83. The van der Waals surface area contributed by atoms with E-state index in [1.54, 1.807) is 0 Å². The molecule has 0 unspecified atom stereocenters. The highest BCUT2D eigenvalue weighted by Gasteiger charge is 2.31. The van der Waals surface area contributed by atoms with Gasteiger partial charge >= 0.3 is 0 Å².